The average Bonchev–Trinajstić information content (AvgIpc) is 3.01. The van der Waals surface area contributed by atoms with Crippen molar-refractivity contribution in [1.29, 1.82) is 5.26 Å². The van der Waals surface area contributed by atoms with Crippen LogP contribution >= 0.6 is 0 Å². The molecule has 2 heterocycles. The highest BCUT2D eigenvalue weighted by molar-refractivity contribution is 5.32. The molecule has 0 radical (unpaired) electrons. The smallest absolute Gasteiger partial charge is 0.129 e. The van der Waals surface area contributed by atoms with Crippen molar-refractivity contribution in [1.82, 2.24) is 10.2 Å². The lowest BCUT2D eigenvalue weighted by atomic mass is 10.1. The number of nitrogens with zero attached hydrogens (tertiary/aromatic N) is 2. The molecule has 2 saturated heterocycles. The minimum Gasteiger partial charge on any atom is -0.308 e. The van der Waals surface area contributed by atoms with Gasteiger partial charge in [-0.2, -0.15) is 5.26 Å². The molecule has 0 amide bonds. The zero-order valence-electron chi connectivity index (χ0n) is 10.9. The lowest BCUT2D eigenvalue weighted by Crippen LogP contribution is -2.38. The zero-order valence-corrected chi connectivity index (χ0v) is 10.9. The van der Waals surface area contributed by atoms with E-state index in [0.29, 0.717) is 29.8 Å². The van der Waals surface area contributed by atoms with E-state index in [1.807, 2.05) is 6.07 Å². The molecule has 3 rings (SSSR count). The van der Waals surface area contributed by atoms with E-state index in [4.69, 9.17) is 5.26 Å². The summed E-state index contributed by atoms with van der Waals surface area (Å²) in [5, 5.41) is 12.2. The molecule has 1 aromatic rings. The van der Waals surface area contributed by atoms with E-state index < -0.39 is 0 Å². The average molecular weight is 259 g/mol. The standard InChI is InChI=1S/C15H18FN3/c16-13-8-11(9-17)3-4-12(13)10-18-14-5-7-19-6-1-2-15(14)19/h3-4,8,14-15,18H,1-2,5-7,10H2. The Morgan fingerprint density at radius 2 is 2.26 bits per heavy atom. The van der Waals surface area contributed by atoms with Gasteiger partial charge in [-0.05, 0) is 37.9 Å². The van der Waals surface area contributed by atoms with Gasteiger partial charge in [0.2, 0.25) is 0 Å². The number of hydrogen-bond donors (Lipinski definition) is 1. The Hall–Kier alpha value is -1.44. The molecule has 0 spiro atoms. The summed E-state index contributed by atoms with van der Waals surface area (Å²) in [5.41, 5.74) is 1.03. The third-order valence-corrected chi connectivity index (χ3v) is 4.34. The van der Waals surface area contributed by atoms with Crippen LogP contribution in [-0.2, 0) is 6.54 Å². The van der Waals surface area contributed by atoms with Crippen molar-refractivity contribution >= 4 is 0 Å². The van der Waals surface area contributed by atoms with Gasteiger partial charge in [-0.25, -0.2) is 4.39 Å². The SMILES string of the molecule is N#Cc1ccc(CNC2CCN3CCCC23)c(F)c1. The van der Waals surface area contributed by atoms with Gasteiger partial charge in [0.1, 0.15) is 5.82 Å². The highest BCUT2D eigenvalue weighted by Crippen LogP contribution is 2.28. The fourth-order valence-electron chi connectivity index (χ4n) is 3.32. The Balaban J connectivity index is 1.62. The van der Waals surface area contributed by atoms with E-state index in [9.17, 15) is 4.39 Å². The van der Waals surface area contributed by atoms with Gasteiger partial charge in [0.05, 0.1) is 11.6 Å². The summed E-state index contributed by atoms with van der Waals surface area (Å²) >= 11 is 0. The van der Waals surface area contributed by atoms with Crippen molar-refractivity contribution in [3.63, 3.8) is 0 Å². The number of rotatable bonds is 3. The molecule has 1 N–H and O–H groups in total. The van der Waals surface area contributed by atoms with Crippen LogP contribution in [0.15, 0.2) is 18.2 Å². The van der Waals surface area contributed by atoms with Crippen LogP contribution in [0, 0.1) is 17.1 Å². The maximum absolute atomic E-state index is 13.8. The van der Waals surface area contributed by atoms with Crippen LogP contribution in [0.25, 0.3) is 0 Å². The molecule has 2 atom stereocenters. The maximum Gasteiger partial charge on any atom is 0.129 e. The molecule has 2 aliphatic heterocycles. The van der Waals surface area contributed by atoms with E-state index in [-0.39, 0.29) is 5.82 Å². The zero-order chi connectivity index (χ0) is 13.2. The molecule has 0 aliphatic carbocycles. The maximum atomic E-state index is 13.8. The number of nitrogens with one attached hydrogen (secondary N) is 1. The first-order valence-electron chi connectivity index (χ1n) is 6.94. The van der Waals surface area contributed by atoms with Gasteiger partial charge in [-0.15, -0.1) is 0 Å². The fraction of sp³-hybridized carbons (Fsp3) is 0.533. The van der Waals surface area contributed by atoms with Crippen molar-refractivity contribution in [2.24, 2.45) is 0 Å². The second kappa shape index (κ2) is 5.28. The summed E-state index contributed by atoms with van der Waals surface area (Å²) in [4.78, 5) is 2.53. The van der Waals surface area contributed by atoms with Crippen LogP contribution in [-0.4, -0.2) is 30.1 Å². The quantitative estimate of drug-likeness (QED) is 0.902. The lowest BCUT2D eigenvalue weighted by molar-refractivity contribution is 0.298. The molecule has 100 valence electrons. The summed E-state index contributed by atoms with van der Waals surface area (Å²) in [6.07, 6.45) is 3.70. The molecule has 4 heteroatoms. The Labute approximate surface area is 113 Å². The van der Waals surface area contributed by atoms with Crippen LogP contribution in [0.4, 0.5) is 4.39 Å². The Kier molecular flexibility index (Phi) is 3.50. The summed E-state index contributed by atoms with van der Waals surface area (Å²) in [5.74, 6) is -0.284. The first-order chi connectivity index (χ1) is 9.28. The fourth-order valence-corrected chi connectivity index (χ4v) is 3.32. The van der Waals surface area contributed by atoms with Crippen LogP contribution in [0.1, 0.15) is 30.4 Å². The molecule has 3 nitrogen and oxygen atoms in total. The number of benzene rings is 1. The van der Waals surface area contributed by atoms with Gasteiger partial charge in [0, 0.05) is 30.7 Å². The highest BCUT2D eigenvalue weighted by Gasteiger charge is 2.36. The van der Waals surface area contributed by atoms with Crippen molar-refractivity contribution in [2.45, 2.75) is 37.9 Å². The first kappa shape index (κ1) is 12.6. The number of nitriles is 1. The summed E-state index contributed by atoms with van der Waals surface area (Å²) in [6, 6.07) is 7.78. The molecule has 2 unspecified atom stereocenters. The number of hydrogen-bond acceptors (Lipinski definition) is 3. The van der Waals surface area contributed by atoms with Gasteiger partial charge < -0.3 is 5.32 Å². The van der Waals surface area contributed by atoms with Crippen LogP contribution in [0.5, 0.6) is 0 Å². The van der Waals surface area contributed by atoms with Gasteiger partial charge in [0.15, 0.2) is 0 Å². The predicted octanol–water partition coefficient (Wildman–Crippen LogP) is 2.02. The first-order valence-corrected chi connectivity index (χ1v) is 6.94. The normalized spacial score (nSPS) is 26.3. The van der Waals surface area contributed by atoms with Gasteiger partial charge in [-0.3, -0.25) is 4.90 Å². The Morgan fingerprint density at radius 3 is 3.05 bits per heavy atom. The van der Waals surface area contributed by atoms with Crippen LogP contribution in [0.3, 0.4) is 0 Å². The van der Waals surface area contributed by atoms with Crippen molar-refractivity contribution < 1.29 is 4.39 Å². The summed E-state index contributed by atoms with van der Waals surface area (Å²) < 4.78 is 13.8. The van der Waals surface area contributed by atoms with Crippen molar-refractivity contribution in [3.8, 4) is 6.07 Å². The summed E-state index contributed by atoms with van der Waals surface area (Å²) in [7, 11) is 0. The minimum atomic E-state index is -0.284. The monoisotopic (exact) mass is 259 g/mol. The lowest BCUT2D eigenvalue weighted by Gasteiger charge is -2.21. The van der Waals surface area contributed by atoms with Gasteiger partial charge in [0.25, 0.3) is 0 Å². The minimum absolute atomic E-state index is 0.284. The van der Waals surface area contributed by atoms with Crippen molar-refractivity contribution in [2.75, 3.05) is 13.1 Å². The Bertz CT molecular complexity index is 509. The molecule has 1 aromatic carbocycles. The largest absolute Gasteiger partial charge is 0.308 e. The van der Waals surface area contributed by atoms with Gasteiger partial charge in [-0.1, -0.05) is 6.07 Å². The highest BCUT2D eigenvalue weighted by atomic mass is 19.1. The van der Waals surface area contributed by atoms with Crippen LogP contribution in [0.2, 0.25) is 0 Å². The number of halogens is 1. The topological polar surface area (TPSA) is 39.1 Å². The van der Waals surface area contributed by atoms with E-state index in [2.05, 4.69) is 10.2 Å². The molecular weight excluding hydrogens is 241 g/mol. The Morgan fingerprint density at radius 1 is 1.37 bits per heavy atom. The summed E-state index contributed by atoms with van der Waals surface area (Å²) in [6.45, 7) is 2.93. The predicted molar refractivity (Wildman–Crippen MR) is 71.0 cm³/mol. The second-order valence-electron chi connectivity index (χ2n) is 5.44. The van der Waals surface area contributed by atoms with Gasteiger partial charge >= 0.3 is 0 Å². The van der Waals surface area contributed by atoms with E-state index >= 15 is 0 Å². The van der Waals surface area contributed by atoms with E-state index in [1.165, 1.54) is 25.5 Å². The van der Waals surface area contributed by atoms with E-state index in [0.717, 1.165) is 13.0 Å². The van der Waals surface area contributed by atoms with E-state index in [1.54, 1.807) is 12.1 Å². The molecule has 0 saturated carbocycles. The number of fused-ring (bicyclic) bond motifs is 1. The van der Waals surface area contributed by atoms with Crippen LogP contribution < -0.4 is 5.32 Å². The molecule has 0 bridgehead atoms. The molecule has 19 heavy (non-hydrogen) atoms. The third kappa shape index (κ3) is 2.49. The molecular formula is C15H18FN3. The third-order valence-electron chi connectivity index (χ3n) is 4.34. The molecule has 2 aliphatic rings. The molecule has 0 aromatic heterocycles. The second-order valence-corrected chi connectivity index (χ2v) is 5.44. The molecule has 2 fully saturated rings. The van der Waals surface area contributed by atoms with Crippen molar-refractivity contribution in [3.05, 3.63) is 35.1 Å².